The van der Waals surface area contributed by atoms with Crippen molar-refractivity contribution in [1.82, 2.24) is 5.32 Å². The van der Waals surface area contributed by atoms with Gasteiger partial charge in [-0.05, 0) is 73.6 Å². The van der Waals surface area contributed by atoms with Gasteiger partial charge in [0, 0.05) is 13.0 Å². The molecule has 0 bridgehead atoms. The van der Waals surface area contributed by atoms with Crippen molar-refractivity contribution < 1.29 is 14.6 Å². The van der Waals surface area contributed by atoms with Gasteiger partial charge in [-0.3, -0.25) is 4.79 Å². The van der Waals surface area contributed by atoms with E-state index in [0.717, 1.165) is 50.7 Å². The van der Waals surface area contributed by atoms with Gasteiger partial charge in [-0.25, -0.2) is 0 Å². The fourth-order valence-electron chi connectivity index (χ4n) is 4.23. The minimum Gasteiger partial charge on any atom is -0.497 e. The highest BCUT2D eigenvalue weighted by molar-refractivity contribution is 5.77. The number of rotatable bonds is 5. The van der Waals surface area contributed by atoms with Crippen molar-refractivity contribution in [2.75, 3.05) is 13.7 Å². The molecule has 0 spiro atoms. The predicted octanol–water partition coefficient (Wildman–Crippen LogP) is 3.17. The van der Waals surface area contributed by atoms with Gasteiger partial charge < -0.3 is 15.2 Å². The molecular weight excluding hydrogens is 302 g/mol. The van der Waals surface area contributed by atoms with E-state index in [4.69, 9.17) is 4.74 Å². The largest absolute Gasteiger partial charge is 0.497 e. The summed E-state index contributed by atoms with van der Waals surface area (Å²) < 4.78 is 5.31. The summed E-state index contributed by atoms with van der Waals surface area (Å²) in [4.78, 5) is 12.4. The number of benzene rings is 1. The van der Waals surface area contributed by atoms with Crippen LogP contribution in [-0.2, 0) is 11.2 Å². The van der Waals surface area contributed by atoms with E-state index in [0.29, 0.717) is 24.8 Å². The lowest BCUT2D eigenvalue weighted by atomic mass is 9.80. The molecule has 132 valence electrons. The van der Waals surface area contributed by atoms with E-state index in [1.54, 1.807) is 7.11 Å². The van der Waals surface area contributed by atoms with E-state index in [9.17, 15) is 9.90 Å². The van der Waals surface area contributed by atoms with Gasteiger partial charge in [0.2, 0.25) is 5.91 Å². The van der Waals surface area contributed by atoms with Gasteiger partial charge in [0.05, 0.1) is 13.2 Å². The number of carbonyl (C=O) groups excluding carboxylic acids is 1. The number of amides is 1. The maximum absolute atomic E-state index is 12.4. The highest BCUT2D eigenvalue weighted by Crippen LogP contribution is 2.35. The molecule has 0 aromatic heterocycles. The van der Waals surface area contributed by atoms with Crippen LogP contribution in [0.25, 0.3) is 0 Å². The lowest BCUT2D eigenvalue weighted by molar-refractivity contribution is -0.121. The van der Waals surface area contributed by atoms with Gasteiger partial charge in [-0.1, -0.05) is 12.5 Å². The molecule has 4 heteroatoms. The fraction of sp³-hybridized carbons (Fsp3) is 0.650. The summed E-state index contributed by atoms with van der Waals surface area (Å²) in [6.07, 6.45) is 7.59. The molecule has 1 amide bonds. The lowest BCUT2D eigenvalue weighted by Gasteiger charge is -2.27. The number of fused-ring (bicyclic) bond motifs is 1. The third-order valence-corrected chi connectivity index (χ3v) is 5.56. The summed E-state index contributed by atoms with van der Waals surface area (Å²) in [7, 11) is 1.69. The molecule has 1 fully saturated rings. The van der Waals surface area contributed by atoms with Crippen molar-refractivity contribution >= 4 is 5.91 Å². The molecule has 1 aromatic carbocycles. The van der Waals surface area contributed by atoms with Crippen LogP contribution in [0.4, 0.5) is 0 Å². The molecule has 0 saturated heterocycles. The Balaban J connectivity index is 1.54. The second kappa shape index (κ2) is 8.02. The second-order valence-electron chi connectivity index (χ2n) is 7.35. The van der Waals surface area contributed by atoms with Crippen LogP contribution in [0.2, 0.25) is 0 Å². The molecule has 3 atom stereocenters. The summed E-state index contributed by atoms with van der Waals surface area (Å²) in [6.45, 7) is 0.706. The van der Waals surface area contributed by atoms with Crippen molar-refractivity contribution in [2.45, 2.75) is 63.4 Å². The molecule has 1 saturated carbocycles. The highest BCUT2D eigenvalue weighted by atomic mass is 16.5. The maximum Gasteiger partial charge on any atom is 0.220 e. The van der Waals surface area contributed by atoms with Crippen LogP contribution in [0, 0.1) is 5.92 Å². The monoisotopic (exact) mass is 331 g/mol. The molecule has 3 unspecified atom stereocenters. The zero-order chi connectivity index (χ0) is 16.9. The molecule has 4 nitrogen and oxygen atoms in total. The molecule has 24 heavy (non-hydrogen) atoms. The summed E-state index contributed by atoms with van der Waals surface area (Å²) in [5.41, 5.74) is 2.64. The molecular formula is C20H29NO3. The van der Waals surface area contributed by atoms with E-state index in [2.05, 4.69) is 17.4 Å². The van der Waals surface area contributed by atoms with E-state index >= 15 is 0 Å². The van der Waals surface area contributed by atoms with E-state index in [1.165, 1.54) is 11.1 Å². The molecule has 0 radical (unpaired) electrons. The summed E-state index contributed by atoms with van der Waals surface area (Å²) in [5, 5.41) is 12.8. The minimum atomic E-state index is -0.180. The third-order valence-electron chi connectivity index (χ3n) is 5.56. The SMILES string of the molecule is COc1ccc2c(c1)CCCC2CC(=O)NCC1CCCC(O)C1. The van der Waals surface area contributed by atoms with Crippen molar-refractivity contribution in [3.05, 3.63) is 29.3 Å². The molecule has 3 rings (SSSR count). The average Bonchev–Trinajstić information content (AvgIpc) is 2.60. The smallest absolute Gasteiger partial charge is 0.220 e. The Morgan fingerprint density at radius 2 is 2.17 bits per heavy atom. The second-order valence-corrected chi connectivity index (χ2v) is 7.35. The Labute approximate surface area is 144 Å². The summed E-state index contributed by atoms with van der Waals surface area (Å²) >= 11 is 0. The molecule has 0 heterocycles. The standard InChI is InChI=1S/C20H29NO3/c1-24-18-8-9-19-15(11-18)5-3-6-16(19)12-20(23)21-13-14-4-2-7-17(22)10-14/h8-9,11,14,16-17,22H,2-7,10,12-13H2,1H3,(H,21,23). The number of nitrogens with one attached hydrogen (secondary N) is 1. The maximum atomic E-state index is 12.4. The molecule has 2 aliphatic carbocycles. The number of aliphatic hydroxyl groups is 1. The third kappa shape index (κ3) is 4.29. The first kappa shape index (κ1) is 17.3. The number of aryl methyl sites for hydroxylation is 1. The number of ether oxygens (including phenoxy) is 1. The predicted molar refractivity (Wildman–Crippen MR) is 94.3 cm³/mol. The van der Waals surface area contributed by atoms with Gasteiger partial charge in [0.25, 0.3) is 0 Å². The van der Waals surface area contributed by atoms with Crippen molar-refractivity contribution in [3.8, 4) is 5.75 Å². The van der Waals surface area contributed by atoms with Crippen LogP contribution in [0.5, 0.6) is 5.75 Å². The first-order chi connectivity index (χ1) is 11.7. The van der Waals surface area contributed by atoms with Gasteiger partial charge in [0.1, 0.15) is 5.75 Å². The Bertz CT molecular complexity index is 572. The number of methoxy groups -OCH3 is 1. The summed E-state index contributed by atoms with van der Waals surface area (Å²) in [5.74, 6) is 1.79. The molecule has 2 N–H and O–H groups in total. The number of carbonyl (C=O) groups is 1. The van der Waals surface area contributed by atoms with Crippen LogP contribution < -0.4 is 10.1 Å². The minimum absolute atomic E-state index is 0.142. The number of aliphatic hydroxyl groups excluding tert-OH is 1. The summed E-state index contributed by atoms with van der Waals surface area (Å²) in [6, 6.07) is 6.24. The molecule has 2 aliphatic rings. The molecule has 0 aliphatic heterocycles. The van der Waals surface area contributed by atoms with Gasteiger partial charge in [-0.2, -0.15) is 0 Å². The van der Waals surface area contributed by atoms with E-state index in [-0.39, 0.29) is 12.0 Å². The van der Waals surface area contributed by atoms with E-state index in [1.807, 2.05) is 6.07 Å². The fourth-order valence-corrected chi connectivity index (χ4v) is 4.23. The first-order valence-corrected chi connectivity index (χ1v) is 9.27. The normalized spacial score (nSPS) is 26.5. The topological polar surface area (TPSA) is 58.6 Å². The Kier molecular flexibility index (Phi) is 5.77. The van der Waals surface area contributed by atoms with Gasteiger partial charge in [0.15, 0.2) is 0 Å². The Morgan fingerprint density at radius 1 is 1.29 bits per heavy atom. The molecule has 1 aromatic rings. The first-order valence-electron chi connectivity index (χ1n) is 9.27. The number of hydrogen-bond acceptors (Lipinski definition) is 3. The van der Waals surface area contributed by atoms with Crippen molar-refractivity contribution in [2.24, 2.45) is 5.92 Å². The van der Waals surface area contributed by atoms with Crippen LogP contribution in [0.1, 0.15) is 62.0 Å². The van der Waals surface area contributed by atoms with Crippen LogP contribution in [-0.4, -0.2) is 30.8 Å². The van der Waals surface area contributed by atoms with Crippen LogP contribution >= 0.6 is 0 Å². The van der Waals surface area contributed by atoms with Crippen molar-refractivity contribution in [1.29, 1.82) is 0 Å². The van der Waals surface area contributed by atoms with E-state index < -0.39 is 0 Å². The van der Waals surface area contributed by atoms with Crippen LogP contribution in [0.3, 0.4) is 0 Å². The zero-order valence-corrected chi connectivity index (χ0v) is 14.6. The Morgan fingerprint density at radius 3 is 2.96 bits per heavy atom. The van der Waals surface area contributed by atoms with Gasteiger partial charge >= 0.3 is 0 Å². The van der Waals surface area contributed by atoms with Crippen molar-refractivity contribution in [3.63, 3.8) is 0 Å². The van der Waals surface area contributed by atoms with Gasteiger partial charge in [-0.15, -0.1) is 0 Å². The average molecular weight is 331 g/mol. The quantitative estimate of drug-likeness (QED) is 0.871. The Hall–Kier alpha value is -1.55. The number of hydrogen-bond donors (Lipinski definition) is 2. The lowest BCUT2D eigenvalue weighted by Crippen LogP contribution is -2.33. The highest BCUT2D eigenvalue weighted by Gasteiger charge is 2.24. The van der Waals surface area contributed by atoms with Crippen LogP contribution in [0.15, 0.2) is 18.2 Å². The zero-order valence-electron chi connectivity index (χ0n) is 14.6.